The first-order valence-corrected chi connectivity index (χ1v) is 5.41. The largest absolute Gasteiger partial charge is 0.353 e. The zero-order valence-electron chi connectivity index (χ0n) is 8.20. The Morgan fingerprint density at radius 3 is 2.80 bits per heavy atom. The van der Waals surface area contributed by atoms with Crippen molar-refractivity contribution >= 4 is 29.0 Å². The van der Waals surface area contributed by atoms with Crippen LogP contribution >= 0.6 is 23.2 Å². The van der Waals surface area contributed by atoms with Gasteiger partial charge in [-0.3, -0.25) is 0 Å². The summed E-state index contributed by atoms with van der Waals surface area (Å²) in [6.07, 6.45) is 3.64. The quantitative estimate of drug-likeness (QED) is 0.655. The van der Waals surface area contributed by atoms with Crippen molar-refractivity contribution in [3.8, 4) is 0 Å². The van der Waals surface area contributed by atoms with Crippen LogP contribution in [0.4, 0.5) is 5.82 Å². The molecule has 15 heavy (non-hydrogen) atoms. The number of hydrogen-bond donors (Lipinski definition) is 1. The fraction of sp³-hybridized carbons (Fsp3) is 0.556. The molecule has 1 atom stereocenters. The van der Waals surface area contributed by atoms with Crippen LogP contribution in [0.25, 0.3) is 0 Å². The first kappa shape index (κ1) is 10.9. The van der Waals surface area contributed by atoms with Gasteiger partial charge in [0.1, 0.15) is 12.1 Å². The Hall–Kier alpha value is -0.580. The highest BCUT2D eigenvalue weighted by atomic mass is 35.5. The first-order valence-electron chi connectivity index (χ1n) is 4.66. The molecule has 0 aromatic carbocycles. The van der Waals surface area contributed by atoms with Gasteiger partial charge in [0, 0.05) is 19.2 Å². The third-order valence-corrected chi connectivity index (χ3v) is 3.12. The predicted octanol–water partition coefficient (Wildman–Crippen LogP) is 2.20. The van der Waals surface area contributed by atoms with Crippen LogP contribution in [0.2, 0.25) is 0 Å². The van der Waals surface area contributed by atoms with E-state index in [0.29, 0.717) is 18.8 Å². The smallest absolute Gasteiger partial charge is 0.176 e. The van der Waals surface area contributed by atoms with Crippen LogP contribution in [0.15, 0.2) is 18.6 Å². The van der Waals surface area contributed by atoms with E-state index in [9.17, 15) is 0 Å². The monoisotopic (exact) mass is 247 g/mol. The molecule has 1 saturated carbocycles. The minimum atomic E-state index is -0.881. The van der Waals surface area contributed by atoms with Crippen molar-refractivity contribution in [2.24, 2.45) is 0 Å². The third-order valence-electron chi connectivity index (χ3n) is 2.24. The van der Waals surface area contributed by atoms with E-state index >= 15 is 0 Å². The molecule has 1 aliphatic rings. The molecule has 0 saturated heterocycles. The number of aromatic nitrogens is 2. The van der Waals surface area contributed by atoms with Gasteiger partial charge in [0.2, 0.25) is 0 Å². The van der Waals surface area contributed by atoms with E-state index in [-0.39, 0.29) is 0 Å². The van der Waals surface area contributed by atoms with E-state index in [1.54, 1.807) is 12.3 Å². The Kier molecular flexibility index (Phi) is 2.75. The fourth-order valence-corrected chi connectivity index (χ4v) is 1.99. The SMILES string of the molecule is CCOC1(Nc2ccncn2)CC1(Cl)Cl. The van der Waals surface area contributed by atoms with Crippen LogP contribution in [0.3, 0.4) is 0 Å². The highest BCUT2D eigenvalue weighted by molar-refractivity contribution is 6.52. The van der Waals surface area contributed by atoms with Crippen LogP contribution in [-0.2, 0) is 4.74 Å². The van der Waals surface area contributed by atoms with Gasteiger partial charge in [0.05, 0.1) is 0 Å². The Morgan fingerprint density at radius 2 is 2.33 bits per heavy atom. The van der Waals surface area contributed by atoms with Crippen LogP contribution < -0.4 is 5.32 Å². The molecule has 2 rings (SSSR count). The molecular formula is C9H11Cl2N3O. The number of halogens is 2. The van der Waals surface area contributed by atoms with E-state index in [4.69, 9.17) is 27.9 Å². The van der Waals surface area contributed by atoms with Gasteiger partial charge in [-0.05, 0) is 13.0 Å². The maximum atomic E-state index is 6.03. The van der Waals surface area contributed by atoms with Gasteiger partial charge in [0.25, 0.3) is 0 Å². The highest BCUT2D eigenvalue weighted by Gasteiger charge is 2.68. The van der Waals surface area contributed by atoms with Gasteiger partial charge < -0.3 is 10.1 Å². The van der Waals surface area contributed by atoms with Gasteiger partial charge in [-0.2, -0.15) is 0 Å². The standard InChI is InChI=1S/C9H11Cl2N3O/c1-2-15-9(5-8(9,10)11)14-7-3-4-12-6-13-7/h3-4,6H,2,5H2,1H3,(H,12,13,14). The number of nitrogens with zero attached hydrogens (tertiary/aromatic N) is 2. The van der Waals surface area contributed by atoms with Crippen LogP contribution in [-0.4, -0.2) is 26.6 Å². The van der Waals surface area contributed by atoms with E-state index < -0.39 is 10.1 Å². The lowest BCUT2D eigenvalue weighted by Crippen LogP contribution is -2.31. The van der Waals surface area contributed by atoms with Crippen LogP contribution in [0.5, 0.6) is 0 Å². The average molecular weight is 248 g/mol. The summed E-state index contributed by atoms with van der Waals surface area (Å²) >= 11 is 12.1. The van der Waals surface area contributed by atoms with Gasteiger partial charge >= 0.3 is 0 Å². The fourth-order valence-electron chi connectivity index (χ4n) is 1.41. The van der Waals surface area contributed by atoms with Crippen molar-refractivity contribution < 1.29 is 4.74 Å². The second kappa shape index (κ2) is 3.77. The number of ether oxygens (including phenoxy) is 1. The summed E-state index contributed by atoms with van der Waals surface area (Å²) in [6.45, 7) is 2.44. The van der Waals surface area contributed by atoms with Crippen molar-refractivity contribution in [2.75, 3.05) is 11.9 Å². The van der Waals surface area contributed by atoms with Crippen molar-refractivity contribution in [1.82, 2.24) is 9.97 Å². The second-order valence-corrected chi connectivity index (χ2v) is 4.84. The Morgan fingerprint density at radius 1 is 1.60 bits per heavy atom. The summed E-state index contributed by atoms with van der Waals surface area (Å²) < 4.78 is 4.64. The van der Waals surface area contributed by atoms with Crippen LogP contribution in [0.1, 0.15) is 13.3 Å². The molecule has 0 spiro atoms. The Labute approximate surface area is 98.0 Å². The van der Waals surface area contributed by atoms with Gasteiger partial charge in [0.15, 0.2) is 10.1 Å². The molecule has 0 bridgehead atoms. The normalized spacial score (nSPS) is 27.4. The number of rotatable bonds is 4. The topological polar surface area (TPSA) is 47.0 Å². The molecule has 1 aliphatic carbocycles. The lowest BCUT2D eigenvalue weighted by atomic mass is 10.5. The molecule has 0 radical (unpaired) electrons. The number of nitrogens with one attached hydrogen (secondary N) is 1. The molecule has 1 heterocycles. The maximum absolute atomic E-state index is 6.03. The summed E-state index contributed by atoms with van der Waals surface area (Å²) in [5.41, 5.74) is -0.709. The van der Waals surface area contributed by atoms with Gasteiger partial charge in [-0.25, -0.2) is 9.97 Å². The van der Waals surface area contributed by atoms with E-state index in [1.165, 1.54) is 6.33 Å². The number of hydrogen-bond acceptors (Lipinski definition) is 4. The zero-order valence-corrected chi connectivity index (χ0v) is 9.72. The molecule has 1 aromatic rings. The minimum absolute atomic E-state index is 0.541. The first-order chi connectivity index (χ1) is 7.10. The molecular weight excluding hydrogens is 237 g/mol. The van der Waals surface area contributed by atoms with Gasteiger partial charge in [-0.15, -0.1) is 0 Å². The molecule has 1 fully saturated rings. The maximum Gasteiger partial charge on any atom is 0.176 e. The van der Waals surface area contributed by atoms with Gasteiger partial charge in [-0.1, -0.05) is 23.2 Å². The molecule has 1 aromatic heterocycles. The zero-order chi connectivity index (χ0) is 10.9. The number of alkyl halides is 2. The lowest BCUT2D eigenvalue weighted by Gasteiger charge is -2.20. The Bertz CT molecular complexity index is 346. The molecule has 1 unspecified atom stereocenters. The number of anilines is 1. The summed E-state index contributed by atoms with van der Waals surface area (Å²) in [5.74, 6) is 0.654. The highest BCUT2D eigenvalue weighted by Crippen LogP contribution is 2.58. The summed E-state index contributed by atoms with van der Waals surface area (Å²) in [6, 6.07) is 1.74. The van der Waals surface area contributed by atoms with Crippen molar-refractivity contribution in [3.05, 3.63) is 18.6 Å². The average Bonchev–Trinajstić information content (AvgIpc) is 2.69. The van der Waals surface area contributed by atoms with E-state index in [0.717, 1.165) is 0 Å². The molecule has 4 nitrogen and oxygen atoms in total. The lowest BCUT2D eigenvalue weighted by molar-refractivity contribution is 0.0607. The van der Waals surface area contributed by atoms with Crippen molar-refractivity contribution in [2.45, 2.75) is 23.4 Å². The molecule has 82 valence electrons. The predicted molar refractivity (Wildman–Crippen MR) is 59.1 cm³/mol. The molecule has 0 amide bonds. The summed E-state index contributed by atoms with van der Waals surface area (Å²) in [5, 5.41) is 3.08. The van der Waals surface area contributed by atoms with E-state index in [2.05, 4.69) is 15.3 Å². The summed E-state index contributed by atoms with van der Waals surface area (Å²) in [4.78, 5) is 7.85. The second-order valence-electron chi connectivity index (χ2n) is 3.36. The Balaban J connectivity index is 2.10. The molecule has 6 heteroatoms. The van der Waals surface area contributed by atoms with E-state index in [1.807, 2.05) is 6.92 Å². The third kappa shape index (κ3) is 2.02. The molecule has 0 aliphatic heterocycles. The summed E-state index contributed by atoms with van der Waals surface area (Å²) in [7, 11) is 0. The van der Waals surface area contributed by atoms with Crippen LogP contribution in [0, 0.1) is 0 Å². The molecule has 1 N–H and O–H groups in total. The minimum Gasteiger partial charge on any atom is -0.353 e. The van der Waals surface area contributed by atoms with Crippen molar-refractivity contribution in [3.63, 3.8) is 0 Å². The van der Waals surface area contributed by atoms with Crippen molar-refractivity contribution in [1.29, 1.82) is 0 Å².